The Balaban J connectivity index is 1.32. The number of hydrogen-bond acceptors (Lipinski definition) is 5. The van der Waals surface area contributed by atoms with Crippen LogP contribution < -0.4 is 10.2 Å². The molecular weight excluding hydrogens is 408 g/mol. The van der Waals surface area contributed by atoms with Crippen LogP contribution in [0, 0.1) is 0 Å². The minimum Gasteiger partial charge on any atom is -0.354 e. The molecular formula is C24H25ClN6. The Bertz CT molecular complexity index is 1200. The quantitative estimate of drug-likeness (QED) is 0.505. The molecule has 31 heavy (non-hydrogen) atoms. The molecule has 4 aromatic rings. The molecule has 0 saturated carbocycles. The zero-order valence-electron chi connectivity index (χ0n) is 17.5. The van der Waals surface area contributed by atoms with Gasteiger partial charge in [0.2, 0.25) is 0 Å². The lowest BCUT2D eigenvalue weighted by atomic mass is 10.0. The van der Waals surface area contributed by atoms with Crippen LogP contribution in [0.15, 0.2) is 60.8 Å². The Morgan fingerprint density at radius 3 is 2.45 bits per heavy atom. The first-order chi connectivity index (χ1) is 15.2. The lowest BCUT2D eigenvalue weighted by Crippen LogP contribution is -2.42. The highest BCUT2D eigenvalue weighted by atomic mass is 35.5. The SMILES string of the molecule is Cn1nccc1-c1nnc(N2CCC(NCc3ccccc3Cl)CC2)c2ccccc12. The minimum absolute atomic E-state index is 0.473. The van der Waals surface area contributed by atoms with Crippen LogP contribution >= 0.6 is 11.6 Å². The maximum atomic E-state index is 6.29. The van der Waals surface area contributed by atoms with Crippen molar-refractivity contribution in [3.63, 3.8) is 0 Å². The number of rotatable bonds is 5. The lowest BCUT2D eigenvalue weighted by Gasteiger charge is -2.33. The summed E-state index contributed by atoms with van der Waals surface area (Å²) in [7, 11) is 1.93. The standard InChI is InChI=1S/C24H25ClN6/c1-30-22(10-13-27-30)23-19-7-3-4-8-20(19)24(29-28-23)31-14-11-18(12-15-31)26-16-17-6-2-5-9-21(17)25/h2-10,13,18,26H,11-12,14-16H2,1H3. The van der Waals surface area contributed by atoms with Gasteiger partial charge in [-0.05, 0) is 30.5 Å². The van der Waals surface area contributed by atoms with E-state index in [0.717, 1.165) is 71.0 Å². The second-order valence-corrected chi connectivity index (χ2v) is 8.40. The van der Waals surface area contributed by atoms with Crippen LogP contribution in [0.3, 0.4) is 0 Å². The van der Waals surface area contributed by atoms with Crippen LogP contribution in [0.25, 0.3) is 22.2 Å². The smallest absolute Gasteiger partial charge is 0.159 e. The third kappa shape index (κ3) is 4.01. The van der Waals surface area contributed by atoms with Crippen molar-refractivity contribution in [2.24, 2.45) is 7.05 Å². The molecule has 0 radical (unpaired) electrons. The first-order valence-electron chi connectivity index (χ1n) is 10.7. The molecule has 1 fully saturated rings. The van der Waals surface area contributed by atoms with Crippen molar-refractivity contribution < 1.29 is 0 Å². The molecule has 0 atom stereocenters. The monoisotopic (exact) mass is 432 g/mol. The molecule has 2 aromatic heterocycles. The first-order valence-corrected chi connectivity index (χ1v) is 11.0. The highest BCUT2D eigenvalue weighted by Gasteiger charge is 2.23. The summed E-state index contributed by atoms with van der Waals surface area (Å²) in [4.78, 5) is 2.36. The van der Waals surface area contributed by atoms with Crippen molar-refractivity contribution in [3.8, 4) is 11.4 Å². The average Bonchev–Trinajstić information content (AvgIpc) is 3.24. The summed E-state index contributed by atoms with van der Waals surface area (Å²) in [5.41, 5.74) is 2.99. The van der Waals surface area contributed by atoms with E-state index in [2.05, 4.69) is 55.8 Å². The molecule has 1 saturated heterocycles. The van der Waals surface area contributed by atoms with E-state index in [1.807, 2.05) is 36.0 Å². The van der Waals surface area contributed by atoms with Crippen molar-refractivity contribution in [2.45, 2.75) is 25.4 Å². The fourth-order valence-corrected chi connectivity index (χ4v) is 4.51. The maximum Gasteiger partial charge on any atom is 0.159 e. The van der Waals surface area contributed by atoms with Crippen molar-refractivity contribution >= 4 is 28.2 Å². The van der Waals surface area contributed by atoms with Crippen molar-refractivity contribution in [2.75, 3.05) is 18.0 Å². The van der Waals surface area contributed by atoms with E-state index in [-0.39, 0.29) is 0 Å². The van der Waals surface area contributed by atoms with Crippen LogP contribution in [-0.2, 0) is 13.6 Å². The second kappa shape index (κ2) is 8.65. The van der Waals surface area contributed by atoms with Gasteiger partial charge >= 0.3 is 0 Å². The highest BCUT2D eigenvalue weighted by molar-refractivity contribution is 6.31. The van der Waals surface area contributed by atoms with Crippen molar-refractivity contribution in [1.82, 2.24) is 25.3 Å². The second-order valence-electron chi connectivity index (χ2n) is 7.99. The Kier molecular flexibility index (Phi) is 5.57. The fourth-order valence-electron chi connectivity index (χ4n) is 4.31. The Labute approximate surface area is 186 Å². The van der Waals surface area contributed by atoms with Crippen LogP contribution in [-0.4, -0.2) is 39.1 Å². The summed E-state index contributed by atoms with van der Waals surface area (Å²) in [6.07, 6.45) is 3.91. The normalized spacial score (nSPS) is 15.0. The van der Waals surface area contributed by atoms with Gasteiger partial charge in [0.25, 0.3) is 0 Å². The summed E-state index contributed by atoms with van der Waals surface area (Å²) >= 11 is 6.29. The zero-order valence-corrected chi connectivity index (χ0v) is 18.3. The fraction of sp³-hybridized carbons (Fsp3) is 0.292. The summed E-state index contributed by atoms with van der Waals surface area (Å²) in [5.74, 6) is 0.964. The van der Waals surface area contributed by atoms with Gasteiger partial charge < -0.3 is 10.2 Å². The number of aryl methyl sites for hydroxylation is 1. The largest absolute Gasteiger partial charge is 0.354 e. The Hall–Kier alpha value is -2.96. The van der Waals surface area contributed by atoms with Gasteiger partial charge in [0.05, 0.1) is 5.69 Å². The van der Waals surface area contributed by atoms with E-state index in [1.165, 1.54) is 0 Å². The van der Waals surface area contributed by atoms with E-state index in [4.69, 9.17) is 11.6 Å². The van der Waals surface area contributed by atoms with E-state index < -0.39 is 0 Å². The Morgan fingerprint density at radius 2 is 1.71 bits per heavy atom. The van der Waals surface area contributed by atoms with Crippen molar-refractivity contribution in [1.29, 1.82) is 0 Å². The van der Waals surface area contributed by atoms with Crippen molar-refractivity contribution in [3.05, 3.63) is 71.4 Å². The van der Waals surface area contributed by atoms with Crippen LogP contribution in [0.1, 0.15) is 18.4 Å². The first kappa shape index (κ1) is 20.0. The number of fused-ring (bicyclic) bond motifs is 1. The topological polar surface area (TPSA) is 58.9 Å². The van der Waals surface area contributed by atoms with E-state index >= 15 is 0 Å². The molecule has 158 valence electrons. The van der Waals surface area contributed by atoms with E-state index in [1.54, 1.807) is 6.20 Å². The van der Waals surface area contributed by atoms with Gasteiger partial charge in [-0.25, -0.2) is 0 Å². The van der Waals surface area contributed by atoms with Gasteiger partial charge in [-0.1, -0.05) is 54.1 Å². The van der Waals surface area contributed by atoms with Crippen LogP contribution in [0.4, 0.5) is 5.82 Å². The molecule has 5 rings (SSSR count). The van der Waals surface area contributed by atoms with Gasteiger partial charge in [-0.3, -0.25) is 4.68 Å². The number of nitrogens with zero attached hydrogens (tertiary/aromatic N) is 5. The van der Waals surface area contributed by atoms with E-state index in [9.17, 15) is 0 Å². The minimum atomic E-state index is 0.473. The third-order valence-electron chi connectivity index (χ3n) is 6.06. The molecule has 0 unspecified atom stereocenters. The zero-order chi connectivity index (χ0) is 21.2. The number of anilines is 1. The molecule has 0 aliphatic carbocycles. The molecule has 0 bridgehead atoms. The predicted octanol–water partition coefficient (Wildman–Crippen LogP) is 4.44. The summed E-state index contributed by atoms with van der Waals surface area (Å²) in [5, 5.41) is 20.3. The average molecular weight is 433 g/mol. The van der Waals surface area contributed by atoms with Gasteiger partial charge in [-0.2, -0.15) is 5.10 Å². The molecule has 2 aromatic carbocycles. The summed E-state index contributed by atoms with van der Waals surface area (Å²) in [6, 6.07) is 18.9. The molecule has 1 aliphatic heterocycles. The molecule has 7 heteroatoms. The molecule has 3 heterocycles. The number of halogens is 1. The number of piperidine rings is 1. The van der Waals surface area contributed by atoms with Gasteiger partial charge in [-0.15, -0.1) is 10.2 Å². The number of hydrogen-bond donors (Lipinski definition) is 1. The van der Waals surface area contributed by atoms with Crippen LogP contribution in [0.2, 0.25) is 5.02 Å². The lowest BCUT2D eigenvalue weighted by molar-refractivity contribution is 0.413. The van der Waals surface area contributed by atoms with Crippen LogP contribution in [0.5, 0.6) is 0 Å². The third-order valence-corrected chi connectivity index (χ3v) is 6.43. The predicted molar refractivity (Wildman–Crippen MR) is 125 cm³/mol. The number of benzene rings is 2. The molecule has 6 nitrogen and oxygen atoms in total. The van der Waals surface area contributed by atoms with Gasteiger partial charge in [0, 0.05) is 54.7 Å². The van der Waals surface area contributed by atoms with Gasteiger partial charge in [0.1, 0.15) is 5.69 Å². The number of nitrogens with one attached hydrogen (secondary N) is 1. The number of aromatic nitrogens is 4. The molecule has 1 N–H and O–H groups in total. The summed E-state index contributed by atoms with van der Waals surface area (Å²) in [6.45, 7) is 2.69. The molecule has 0 spiro atoms. The highest BCUT2D eigenvalue weighted by Crippen LogP contribution is 2.32. The van der Waals surface area contributed by atoms with Gasteiger partial charge in [0.15, 0.2) is 5.82 Å². The summed E-state index contributed by atoms with van der Waals surface area (Å²) < 4.78 is 1.84. The molecule has 0 amide bonds. The maximum absolute atomic E-state index is 6.29. The molecule has 1 aliphatic rings. The van der Waals surface area contributed by atoms with E-state index in [0.29, 0.717) is 6.04 Å². The Morgan fingerprint density at radius 1 is 0.968 bits per heavy atom.